The maximum Gasteiger partial charge on any atom is 0.0998 e. The topological polar surface area (TPSA) is 66.5 Å². The molecule has 1 unspecified atom stereocenters. The molecule has 0 fully saturated rings. The van der Waals surface area contributed by atoms with E-state index in [2.05, 4.69) is 12.1 Å². The molecule has 0 saturated carbocycles. The molecule has 1 aromatic rings. The van der Waals surface area contributed by atoms with E-state index < -0.39 is 5.60 Å². The zero-order valence-electron chi connectivity index (χ0n) is 8.89. The third-order valence-electron chi connectivity index (χ3n) is 2.62. The summed E-state index contributed by atoms with van der Waals surface area (Å²) < 4.78 is 0. The minimum atomic E-state index is -1.10. The number of hydrogen-bond donors (Lipinski definition) is 3. The van der Waals surface area contributed by atoms with Gasteiger partial charge in [-0.15, -0.1) is 0 Å². The zero-order valence-corrected chi connectivity index (χ0v) is 8.89. The van der Waals surface area contributed by atoms with Crippen molar-refractivity contribution in [2.75, 3.05) is 13.2 Å². The lowest BCUT2D eigenvalue weighted by molar-refractivity contribution is -0.0147. The standard InChI is InChI=1S/C12H19NO2/c13-9-12(15,10-14)8-4-7-11-5-2-1-3-6-11/h1-3,5-6,14-15H,4,7-10,13H2. The zero-order chi connectivity index (χ0) is 11.1. The van der Waals surface area contributed by atoms with E-state index >= 15 is 0 Å². The fourth-order valence-corrected chi connectivity index (χ4v) is 1.51. The normalized spacial score (nSPS) is 14.9. The summed E-state index contributed by atoms with van der Waals surface area (Å²) in [6, 6.07) is 10.1. The van der Waals surface area contributed by atoms with E-state index in [0.29, 0.717) is 6.42 Å². The van der Waals surface area contributed by atoms with E-state index in [1.165, 1.54) is 5.56 Å². The van der Waals surface area contributed by atoms with Crippen molar-refractivity contribution in [1.29, 1.82) is 0 Å². The molecule has 0 bridgehead atoms. The fraction of sp³-hybridized carbons (Fsp3) is 0.500. The first-order valence-electron chi connectivity index (χ1n) is 5.27. The summed E-state index contributed by atoms with van der Waals surface area (Å²) in [4.78, 5) is 0. The molecule has 0 aliphatic rings. The van der Waals surface area contributed by atoms with E-state index in [-0.39, 0.29) is 13.2 Å². The molecule has 1 aromatic carbocycles. The number of aliphatic hydroxyl groups is 2. The van der Waals surface area contributed by atoms with E-state index in [1.54, 1.807) is 0 Å². The molecule has 0 aromatic heterocycles. The Balaban J connectivity index is 2.33. The molecule has 1 rings (SSSR count). The number of aryl methyl sites for hydroxylation is 1. The van der Waals surface area contributed by atoms with E-state index in [4.69, 9.17) is 10.8 Å². The summed E-state index contributed by atoms with van der Waals surface area (Å²) >= 11 is 0. The predicted octanol–water partition coefficient (Wildman–Crippen LogP) is 0.691. The highest BCUT2D eigenvalue weighted by atomic mass is 16.3. The smallest absolute Gasteiger partial charge is 0.0998 e. The molecule has 3 heteroatoms. The van der Waals surface area contributed by atoms with Crippen LogP contribution in [0.25, 0.3) is 0 Å². The highest BCUT2D eigenvalue weighted by Gasteiger charge is 2.22. The van der Waals surface area contributed by atoms with Crippen molar-refractivity contribution in [3.05, 3.63) is 35.9 Å². The van der Waals surface area contributed by atoms with Crippen molar-refractivity contribution < 1.29 is 10.2 Å². The van der Waals surface area contributed by atoms with Gasteiger partial charge in [0, 0.05) is 6.54 Å². The van der Waals surface area contributed by atoms with Crippen LogP contribution in [-0.4, -0.2) is 29.0 Å². The summed E-state index contributed by atoms with van der Waals surface area (Å²) in [6.07, 6.45) is 2.27. The van der Waals surface area contributed by atoms with E-state index in [1.807, 2.05) is 18.2 Å². The third kappa shape index (κ3) is 4.00. The second kappa shape index (κ2) is 5.85. The monoisotopic (exact) mass is 209 g/mol. The third-order valence-corrected chi connectivity index (χ3v) is 2.62. The van der Waals surface area contributed by atoms with Gasteiger partial charge in [0.1, 0.15) is 0 Å². The van der Waals surface area contributed by atoms with Crippen molar-refractivity contribution in [2.24, 2.45) is 5.73 Å². The van der Waals surface area contributed by atoms with Gasteiger partial charge in [-0.1, -0.05) is 30.3 Å². The maximum absolute atomic E-state index is 9.73. The lowest BCUT2D eigenvalue weighted by Gasteiger charge is -2.23. The number of aliphatic hydroxyl groups excluding tert-OH is 1. The molecule has 0 radical (unpaired) electrons. The van der Waals surface area contributed by atoms with Crippen LogP contribution in [0.5, 0.6) is 0 Å². The van der Waals surface area contributed by atoms with Gasteiger partial charge in [0.15, 0.2) is 0 Å². The average Bonchev–Trinajstić information content (AvgIpc) is 2.30. The SMILES string of the molecule is NCC(O)(CO)CCCc1ccccc1. The molecule has 0 amide bonds. The van der Waals surface area contributed by atoms with Gasteiger partial charge in [-0.3, -0.25) is 0 Å². The number of hydrogen-bond acceptors (Lipinski definition) is 3. The molecule has 0 saturated heterocycles. The first kappa shape index (κ1) is 12.2. The molecule has 0 spiro atoms. The second-order valence-electron chi connectivity index (χ2n) is 3.93. The minimum Gasteiger partial charge on any atom is -0.393 e. The van der Waals surface area contributed by atoms with E-state index in [9.17, 15) is 5.11 Å². The van der Waals surface area contributed by atoms with Crippen LogP contribution in [0.4, 0.5) is 0 Å². The van der Waals surface area contributed by atoms with Crippen LogP contribution in [-0.2, 0) is 6.42 Å². The highest BCUT2D eigenvalue weighted by Crippen LogP contribution is 2.13. The maximum atomic E-state index is 9.73. The lowest BCUT2D eigenvalue weighted by atomic mass is 9.96. The summed E-state index contributed by atoms with van der Waals surface area (Å²) in [7, 11) is 0. The van der Waals surface area contributed by atoms with Crippen LogP contribution in [0.3, 0.4) is 0 Å². The molecule has 4 N–H and O–H groups in total. The van der Waals surface area contributed by atoms with Gasteiger partial charge in [-0.05, 0) is 24.8 Å². The van der Waals surface area contributed by atoms with Crippen LogP contribution >= 0.6 is 0 Å². The Morgan fingerprint density at radius 3 is 2.40 bits per heavy atom. The Labute approximate surface area is 90.5 Å². The van der Waals surface area contributed by atoms with Crippen LogP contribution in [0, 0.1) is 0 Å². The largest absolute Gasteiger partial charge is 0.393 e. The molecule has 1 atom stereocenters. The van der Waals surface area contributed by atoms with Crippen molar-refractivity contribution in [3.8, 4) is 0 Å². The van der Waals surface area contributed by atoms with Gasteiger partial charge >= 0.3 is 0 Å². The van der Waals surface area contributed by atoms with Crippen LogP contribution in [0.15, 0.2) is 30.3 Å². The second-order valence-corrected chi connectivity index (χ2v) is 3.93. The molecule has 15 heavy (non-hydrogen) atoms. The van der Waals surface area contributed by atoms with Crippen LogP contribution < -0.4 is 5.73 Å². The molecule has 0 aliphatic heterocycles. The van der Waals surface area contributed by atoms with Crippen LogP contribution in [0.1, 0.15) is 18.4 Å². The Kier molecular flexibility index (Phi) is 4.75. The van der Waals surface area contributed by atoms with Gasteiger partial charge in [0.2, 0.25) is 0 Å². The quantitative estimate of drug-likeness (QED) is 0.646. The summed E-state index contributed by atoms with van der Waals surface area (Å²) in [5.74, 6) is 0. The average molecular weight is 209 g/mol. The van der Waals surface area contributed by atoms with Gasteiger partial charge in [0.05, 0.1) is 12.2 Å². The van der Waals surface area contributed by atoms with Gasteiger partial charge in [-0.25, -0.2) is 0 Å². The first-order valence-corrected chi connectivity index (χ1v) is 5.27. The molecular formula is C12H19NO2. The van der Waals surface area contributed by atoms with Crippen molar-refractivity contribution in [1.82, 2.24) is 0 Å². The van der Waals surface area contributed by atoms with Gasteiger partial charge < -0.3 is 15.9 Å². The summed E-state index contributed by atoms with van der Waals surface area (Å²) in [5, 5.41) is 18.7. The summed E-state index contributed by atoms with van der Waals surface area (Å²) in [6.45, 7) is -0.156. The molecule has 3 nitrogen and oxygen atoms in total. The van der Waals surface area contributed by atoms with Crippen LogP contribution in [0.2, 0.25) is 0 Å². The Bertz CT molecular complexity index is 270. The Hall–Kier alpha value is -0.900. The molecular weight excluding hydrogens is 190 g/mol. The number of rotatable bonds is 6. The van der Waals surface area contributed by atoms with E-state index in [0.717, 1.165) is 12.8 Å². The predicted molar refractivity (Wildman–Crippen MR) is 60.5 cm³/mol. The Morgan fingerprint density at radius 2 is 1.87 bits per heavy atom. The van der Waals surface area contributed by atoms with Crippen molar-refractivity contribution in [3.63, 3.8) is 0 Å². The van der Waals surface area contributed by atoms with Gasteiger partial charge in [0.25, 0.3) is 0 Å². The molecule has 0 aliphatic carbocycles. The fourth-order valence-electron chi connectivity index (χ4n) is 1.51. The Morgan fingerprint density at radius 1 is 1.20 bits per heavy atom. The first-order chi connectivity index (χ1) is 7.20. The lowest BCUT2D eigenvalue weighted by Crippen LogP contribution is -2.41. The highest BCUT2D eigenvalue weighted by molar-refractivity contribution is 5.14. The van der Waals surface area contributed by atoms with Crippen molar-refractivity contribution >= 4 is 0 Å². The number of nitrogens with two attached hydrogens (primary N) is 1. The number of benzene rings is 1. The van der Waals surface area contributed by atoms with Crippen molar-refractivity contribution in [2.45, 2.75) is 24.9 Å². The molecule has 0 heterocycles. The molecule has 84 valence electrons. The minimum absolute atomic E-state index is 0.109. The summed E-state index contributed by atoms with van der Waals surface area (Å²) in [5.41, 5.74) is 5.53. The van der Waals surface area contributed by atoms with Gasteiger partial charge in [-0.2, -0.15) is 0 Å².